The second kappa shape index (κ2) is 8.65. The van der Waals surface area contributed by atoms with E-state index >= 15 is 0 Å². The lowest BCUT2D eigenvalue weighted by Crippen LogP contribution is -2.34. The first-order chi connectivity index (χ1) is 13.3. The average Bonchev–Trinajstić information content (AvgIpc) is 2.66. The minimum Gasteiger partial charge on any atom is -0.494 e. The fraction of sp³-hybridized carbons (Fsp3) is 0.381. The van der Waals surface area contributed by atoms with E-state index in [1.807, 2.05) is 31.2 Å². The molecular weight excluding hydrogens is 376 g/mol. The Morgan fingerprint density at radius 1 is 1.21 bits per heavy atom. The molecule has 1 aliphatic heterocycles. The predicted molar refractivity (Wildman–Crippen MR) is 111 cm³/mol. The van der Waals surface area contributed by atoms with Gasteiger partial charge in [-0.2, -0.15) is 0 Å². The minimum atomic E-state index is -3.30. The molecule has 1 heterocycles. The van der Waals surface area contributed by atoms with Crippen LogP contribution in [0.25, 0.3) is 0 Å². The fourth-order valence-corrected chi connectivity index (χ4v) is 4.32. The third-order valence-electron chi connectivity index (χ3n) is 4.68. The van der Waals surface area contributed by atoms with Crippen LogP contribution in [0.1, 0.15) is 34.3 Å². The van der Waals surface area contributed by atoms with Crippen LogP contribution in [0.15, 0.2) is 42.5 Å². The van der Waals surface area contributed by atoms with Crippen molar-refractivity contribution in [2.45, 2.75) is 26.2 Å². The van der Waals surface area contributed by atoms with Crippen LogP contribution in [-0.2, 0) is 16.4 Å². The van der Waals surface area contributed by atoms with Crippen molar-refractivity contribution in [1.29, 1.82) is 0 Å². The molecule has 0 atom stereocenters. The van der Waals surface area contributed by atoms with E-state index < -0.39 is 10.0 Å². The van der Waals surface area contributed by atoms with Crippen molar-refractivity contribution in [3.8, 4) is 5.75 Å². The molecule has 2 aromatic rings. The Bertz CT molecular complexity index is 957. The number of fused-ring (bicyclic) bond motifs is 1. The first-order valence-corrected chi connectivity index (χ1v) is 11.3. The van der Waals surface area contributed by atoms with Gasteiger partial charge in [0.2, 0.25) is 10.0 Å². The number of aryl methyl sites for hydroxylation is 2. The van der Waals surface area contributed by atoms with Crippen molar-refractivity contribution in [3.63, 3.8) is 0 Å². The highest BCUT2D eigenvalue weighted by molar-refractivity contribution is 7.92. The number of anilines is 1. The van der Waals surface area contributed by atoms with E-state index in [9.17, 15) is 13.2 Å². The first-order valence-electron chi connectivity index (χ1n) is 9.43. The molecule has 0 aromatic heterocycles. The highest BCUT2D eigenvalue weighted by Crippen LogP contribution is 2.29. The molecule has 0 saturated heterocycles. The summed E-state index contributed by atoms with van der Waals surface area (Å²) in [5.41, 5.74) is 3.27. The summed E-state index contributed by atoms with van der Waals surface area (Å²) in [6.45, 7) is 3.54. The van der Waals surface area contributed by atoms with Crippen LogP contribution >= 0.6 is 0 Å². The molecule has 3 rings (SSSR count). The molecule has 150 valence electrons. The van der Waals surface area contributed by atoms with E-state index in [0.717, 1.165) is 29.7 Å². The summed E-state index contributed by atoms with van der Waals surface area (Å²) >= 11 is 0. The van der Waals surface area contributed by atoms with Gasteiger partial charge in [0, 0.05) is 18.7 Å². The summed E-state index contributed by atoms with van der Waals surface area (Å²) < 4.78 is 30.9. The van der Waals surface area contributed by atoms with Gasteiger partial charge in [0.25, 0.3) is 5.91 Å². The lowest BCUT2D eigenvalue weighted by Gasteiger charge is -2.29. The summed E-state index contributed by atoms with van der Waals surface area (Å²) in [4.78, 5) is 12.4. The van der Waals surface area contributed by atoms with Crippen molar-refractivity contribution in [1.82, 2.24) is 5.32 Å². The van der Waals surface area contributed by atoms with Crippen molar-refractivity contribution in [2.24, 2.45) is 0 Å². The third-order valence-corrected chi connectivity index (χ3v) is 5.86. The minimum absolute atomic E-state index is 0.158. The number of hydrogen-bond donors (Lipinski definition) is 1. The van der Waals surface area contributed by atoms with Crippen LogP contribution in [0.5, 0.6) is 5.75 Å². The van der Waals surface area contributed by atoms with E-state index in [4.69, 9.17) is 4.74 Å². The van der Waals surface area contributed by atoms with E-state index in [0.29, 0.717) is 37.4 Å². The van der Waals surface area contributed by atoms with Gasteiger partial charge in [-0.3, -0.25) is 9.10 Å². The summed E-state index contributed by atoms with van der Waals surface area (Å²) in [6.07, 6.45) is 3.43. The molecule has 0 unspecified atom stereocenters. The number of hydrogen-bond acceptors (Lipinski definition) is 4. The SMILES string of the molecule is Cc1cccc(OCCCNC(=O)c2ccc3c(c2)CCCN3S(C)(=O)=O)c1. The van der Waals surface area contributed by atoms with Gasteiger partial charge in [-0.15, -0.1) is 0 Å². The fourth-order valence-electron chi connectivity index (χ4n) is 3.32. The molecule has 0 saturated carbocycles. The van der Waals surface area contributed by atoms with Crippen LogP contribution in [0, 0.1) is 6.92 Å². The quantitative estimate of drug-likeness (QED) is 0.723. The van der Waals surface area contributed by atoms with Gasteiger partial charge in [0.05, 0.1) is 18.6 Å². The Balaban J connectivity index is 1.52. The maximum Gasteiger partial charge on any atom is 0.251 e. The molecule has 0 radical (unpaired) electrons. The van der Waals surface area contributed by atoms with Gasteiger partial charge in [0.1, 0.15) is 5.75 Å². The number of nitrogens with one attached hydrogen (secondary N) is 1. The molecule has 2 aromatic carbocycles. The largest absolute Gasteiger partial charge is 0.494 e. The maximum atomic E-state index is 12.4. The monoisotopic (exact) mass is 402 g/mol. The lowest BCUT2D eigenvalue weighted by molar-refractivity contribution is 0.0951. The molecule has 0 bridgehead atoms. The Labute approximate surface area is 166 Å². The molecule has 7 heteroatoms. The second-order valence-corrected chi connectivity index (χ2v) is 8.96. The van der Waals surface area contributed by atoms with Crippen LogP contribution in [0.2, 0.25) is 0 Å². The molecule has 28 heavy (non-hydrogen) atoms. The normalized spacial score (nSPS) is 13.7. The number of benzene rings is 2. The Hall–Kier alpha value is -2.54. The van der Waals surface area contributed by atoms with Crippen LogP contribution < -0.4 is 14.4 Å². The summed E-state index contributed by atoms with van der Waals surface area (Å²) in [7, 11) is -3.30. The molecule has 6 nitrogen and oxygen atoms in total. The topological polar surface area (TPSA) is 75.7 Å². The van der Waals surface area contributed by atoms with E-state index in [1.54, 1.807) is 18.2 Å². The zero-order valence-electron chi connectivity index (χ0n) is 16.3. The number of nitrogens with zero attached hydrogens (tertiary/aromatic N) is 1. The van der Waals surface area contributed by atoms with Crippen molar-refractivity contribution < 1.29 is 17.9 Å². The number of carbonyl (C=O) groups excluding carboxylic acids is 1. The van der Waals surface area contributed by atoms with Gasteiger partial charge in [-0.05, 0) is 67.6 Å². The highest BCUT2D eigenvalue weighted by atomic mass is 32.2. The summed E-state index contributed by atoms with van der Waals surface area (Å²) in [5.74, 6) is 0.672. The van der Waals surface area contributed by atoms with Gasteiger partial charge < -0.3 is 10.1 Å². The smallest absolute Gasteiger partial charge is 0.251 e. The number of sulfonamides is 1. The average molecular weight is 403 g/mol. The van der Waals surface area contributed by atoms with Gasteiger partial charge >= 0.3 is 0 Å². The Kier molecular flexibility index (Phi) is 6.24. The molecule has 1 amide bonds. The second-order valence-electron chi connectivity index (χ2n) is 7.06. The van der Waals surface area contributed by atoms with Crippen LogP contribution in [-0.4, -0.2) is 40.3 Å². The first kappa shape index (κ1) is 20.2. The molecular formula is C21H26N2O4S. The maximum absolute atomic E-state index is 12.4. The molecule has 0 aliphatic carbocycles. The van der Waals surface area contributed by atoms with Crippen LogP contribution in [0.3, 0.4) is 0 Å². The predicted octanol–water partition coefficient (Wildman–Crippen LogP) is 2.91. The summed E-state index contributed by atoms with van der Waals surface area (Å²) in [6, 6.07) is 13.1. The summed E-state index contributed by atoms with van der Waals surface area (Å²) in [5, 5.41) is 2.89. The van der Waals surface area contributed by atoms with Gasteiger partial charge in [-0.25, -0.2) is 8.42 Å². The van der Waals surface area contributed by atoms with Crippen LogP contribution in [0.4, 0.5) is 5.69 Å². The Morgan fingerprint density at radius 2 is 2.04 bits per heavy atom. The third kappa shape index (κ3) is 5.04. The number of carbonyl (C=O) groups is 1. The molecule has 1 N–H and O–H groups in total. The van der Waals surface area contributed by atoms with Crippen molar-refractivity contribution in [3.05, 3.63) is 59.2 Å². The van der Waals surface area contributed by atoms with Crippen molar-refractivity contribution in [2.75, 3.05) is 30.3 Å². The standard InChI is InChI=1S/C21H26N2O4S/c1-16-6-3-8-19(14-16)27-13-5-11-22-21(24)18-9-10-20-17(15-18)7-4-12-23(20)28(2,25)26/h3,6,8-10,14-15H,4-5,7,11-13H2,1-2H3,(H,22,24). The molecule has 0 fully saturated rings. The number of ether oxygens (including phenoxy) is 1. The Morgan fingerprint density at radius 3 is 2.79 bits per heavy atom. The van der Waals surface area contributed by atoms with E-state index in [-0.39, 0.29) is 5.91 Å². The molecule has 1 aliphatic rings. The van der Waals surface area contributed by atoms with E-state index in [2.05, 4.69) is 5.32 Å². The lowest BCUT2D eigenvalue weighted by atomic mass is 10.0. The molecule has 0 spiro atoms. The number of rotatable bonds is 7. The van der Waals surface area contributed by atoms with Crippen molar-refractivity contribution >= 4 is 21.6 Å². The zero-order chi connectivity index (χ0) is 20.1. The van der Waals surface area contributed by atoms with Gasteiger partial charge in [0.15, 0.2) is 0 Å². The van der Waals surface area contributed by atoms with Gasteiger partial charge in [-0.1, -0.05) is 12.1 Å². The zero-order valence-corrected chi connectivity index (χ0v) is 17.1. The highest BCUT2D eigenvalue weighted by Gasteiger charge is 2.24. The van der Waals surface area contributed by atoms with E-state index in [1.165, 1.54) is 10.6 Å². The number of amides is 1.